The van der Waals surface area contributed by atoms with Gasteiger partial charge in [-0.05, 0) is 18.2 Å². The zero-order valence-corrected chi connectivity index (χ0v) is 14.1. The maximum atomic E-state index is 5.99. The highest BCUT2D eigenvalue weighted by Crippen LogP contribution is 2.19. The average Bonchev–Trinajstić information content (AvgIpc) is 3.11. The summed E-state index contributed by atoms with van der Waals surface area (Å²) >= 11 is 0. The van der Waals surface area contributed by atoms with Gasteiger partial charge >= 0.3 is 7.32 Å². The third-order valence-corrected chi connectivity index (χ3v) is 3.62. The maximum Gasteiger partial charge on any atom is 0.863 e. The number of hydrogen-bond donors (Lipinski definition) is 0. The first kappa shape index (κ1) is 17.0. The van der Waals surface area contributed by atoms with Crippen LogP contribution < -0.4 is 0 Å². The van der Waals surface area contributed by atoms with Crippen LogP contribution in [0.3, 0.4) is 0 Å². The van der Waals surface area contributed by atoms with Crippen LogP contribution in [0, 0.1) is 0 Å². The molecule has 3 rings (SSSR count). The van der Waals surface area contributed by atoms with E-state index >= 15 is 0 Å². The Bertz CT molecular complexity index is 630. The highest BCUT2D eigenvalue weighted by atomic mass is 16.7. The van der Waals surface area contributed by atoms with Crippen LogP contribution in [0.25, 0.3) is 0 Å². The summed E-state index contributed by atoms with van der Waals surface area (Å²) in [5, 5.41) is 0. The smallest absolute Gasteiger partial charge is 0.493 e. The van der Waals surface area contributed by atoms with Gasteiger partial charge in [-0.25, -0.2) is 0 Å². The Morgan fingerprint density at radius 1 is 0.480 bits per heavy atom. The second-order valence-electron chi connectivity index (χ2n) is 5.59. The highest BCUT2D eigenvalue weighted by Gasteiger charge is 2.31. The van der Waals surface area contributed by atoms with Crippen molar-refractivity contribution in [2.24, 2.45) is 0 Å². The van der Waals surface area contributed by atoms with Crippen LogP contribution in [-0.4, -0.2) is 7.32 Å². The van der Waals surface area contributed by atoms with E-state index in [9.17, 15) is 0 Å². The molecule has 4 heteroatoms. The fourth-order valence-electron chi connectivity index (χ4n) is 2.38. The second-order valence-corrected chi connectivity index (χ2v) is 5.59. The first-order valence-electron chi connectivity index (χ1n) is 8.47. The van der Waals surface area contributed by atoms with Crippen LogP contribution >= 0.6 is 0 Å². The molecule has 0 radical (unpaired) electrons. The summed E-state index contributed by atoms with van der Waals surface area (Å²) in [7, 11) is -0.830. The molecular weight excluding hydrogens is 311 g/mol. The van der Waals surface area contributed by atoms with Crippen LogP contribution in [0.15, 0.2) is 108 Å². The largest absolute Gasteiger partial charge is 0.863 e. The molecule has 25 heavy (non-hydrogen) atoms. The van der Waals surface area contributed by atoms with Gasteiger partial charge in [0.25, 0.3) is 0 Å². The van der Waals surface area contributed by atoms with E-state index < -0.39 is 7.32 Å². The SMILES string of the molecule is C1=CC=C(OB(OC2=CC=CC=CC2)OC2=CC=CC=CC2)CC=C1. The fourth-order valence-corrected chi connectivity index (χ4v) is 2.38. The quantitative estimate of drug-likeness (QED) is 0.624. The van der Waals surface area contributed by atoms with Crippen molar-refractivity contribution in [3.63, 3.8) is 0 Å². The highest BCUT2D eigenvalue weighted by molar-refractivity contribution is 6.37. The molecule has 0 aromatic carbocycles. The van der Waals surface area contributed by atoms with Gasteiger partial charge in [-0.3, -0.25) is 0 Å². The lowest BCUT2D eigenvalue weighted by atomic mass is 10.1. The lowest BCUT2D eigenvalue weighted by Gasteiger charge is -2.19. The average molecular weight is 332 g/mol. The molecule has 0 saturated heterocycles. The van der Waals surface area contributed by atoms with E-state index in [-0.39, 0.29) is 0 Å². The summed E-state index contributed by atoms with van der Waals surface area (Å²) in [5.74, 6) is 2.40. The normalized spacial score (nSPS) is 18.5. The molecule has 0 bridgehead atoms. The molecule has 0 amide bonds. The molecule has 3 aliphatic rings. The molecule has 0 aliphatic heterocycles. The minimum Gasteiger partial charge on any atom is -0.493 e. The topological polar surface area (TPSA) is 27.7 Å². The summed E-state index contributed by atoms with van der Waals surface area (Å²) in [6.07, 6.45) is 31.8. The zero-order valence-electron chi connectivity index (χ0n) is 14.1. The van der Waals surface area contributed by atoms with Crippen LogP contribution in [-0.2, 0) is 14.0 Å². The van der Waals surface area contributed by atoms with Crippen molar-refractivity contribution in [3.8, 4) is 0 Å². The van der Waals surface area contributed by atoms with E-state index in [4.69, 9.17) is 14.0 Å². The van der Waals surface area contributed by atoms with E-state index in [1.165, 1.54) is 0 Å². The van der Waals surface area contributed by atoms with E-state index in [0.29, 0.717) is 19.3 Å². The van der Waals surface area contributed by atoms with Gasteiger partial charge in [0.2, 0.25) is 0 Å². The minimum absolute atomic E-state index is 0.702. The molecule has 3 aliphatic carbocycles. The van der Waals surface area contributed by atoms with E-state index in [1.807, 2.05) is 91.1 Å². The molecule has 0 heterocycles. The van der Waals surface area contributed by atoms with E-state index in [1.54, 1.807) is 0 Å². The molecule has 0 spiro atoms. The standard InChI is InChI=1S/C21H21BO3/c1-2-8-14-19(13-7-1)23-22(24-20-15-9-3-4-10-16-20)25-21-17-11-5-6-12-18-21/h1-13,15,17H,14,16,18H2. The molecule has 0 fully saturated rings. The van der Waals surface area contributed by atoms with Gasteiger partial charge in [0, 0.05) is 19.3 Å². The third-order valence-electron chi connectivity index (χ3n) is 3.62. The van der Waals surface area contributed by atoms with E-state index in [2.05, 4.69) is 0 Å². The Morgan fingerprint density at radius 3 is 1.20 bits per heavy atom. The Balaban J connectivity index is 1.71. The summed E-state index contributed by atoms with van der Waals surface area (Å²) < 4.78 is 18.0. The predicted molar refractivity (Wildman–Crippen MR) is 102 cm³/mol. The lowest BCUT2D eigenvalue weighted by molar-refractivity contribution is 0.176. The van der Waals surface area contributed by atoms with Gasteiger partial charge in [0.1, 0.15) is 0 Å². The van der Waals surface area contributed by atoms with Crippen LogP contribution in [0.1, 0.15) is 19.3 Å². The number of rotatable bonds is 6. The Kier molecular flexibility index (Phi) is 6.40. The van der Waals surface area contributed by atoms with Gasteiger partial charge < -0.3 is 14.0 Å². The lowest BCUT2D eigenvalue weighted by Crippen LogP contribution is -2.26. The van der Waals surface area contributed by atoms with Crippen molar-refractivity contribution in [3.05, 3.63) is 108 Å². The van der Waals surface area contributed by atoms with Gasteiger partial charge in [0.05, 0.1) is 17.3 Å². The van der Waals surface area contributed by atoms with Crippen LogP contribution in [0.5, 0.6) is 0 Å². The molecule has 0 aromatic rings. The fraction of sp³-hybridized carbons (Fsp3) is 0.143. The first-order chi connectivity index (χ1) is 12.4. The molecule has 0 aromatic heterocycles. The monoisotopic (exact) mass is 332 g/mol. The predicted octanol–water partition coefficient (Wildman–Crippen LogP) is 5.22. The Labute approximate surface area is 149 Å². The molecule has 0 saturated carbocycles. The summed E-state index contributed by atoms with van der Waals surface area (Å²) in [4.78, 5) is 0. The molecular formula is C21H21BO3. The van der Waals surface area contributed by atoms with Gasteiger partial charge in [-0.2, -0.15) is 0 Å². The molecule has 3 nitrogen and oxygen atoms in total. The summed E-state index contributed by atoms with van der Waals surface area (Å²) in [5.41, 5.74) is 0. The van der Waals surface area contributed by atoms with Gasteiger partial charge in [0.15, 0.2) is 0 Å². The van der Waals surface area contributed by atoms with Crippen molar-refractivity contribution < 1.29 is 14.0 Å². The molecule has 0 unspecified atom stereocenters. The van der Waals surface area contributed by atoms with E-state index in [0.717, 1.165) is 17.3 Å². The van der Waals surface area contributed by atoms with Gasteiger partial charge in [-0.15, -0.1) is 0 Å². The minimum atomic E-state index is -0.830. The molecule has 126 valence electrons. The van der Waals surface area contributed by atoms with Crippen LogP contribution in [0.2, 0.25) is 0 Å². The van der Waals surface area contributed by atoms with Crippen molar-refractivity contribution in [1.82, 2.24) is 0 Å². The molecule has 0 N–H and O–H groups in total. The van der Waals surface area contributed by atoms with Crippen LogP contribution in [0.4, 0.5) is 0 Å². The number of hydrogen-bond acceptors (Lipinski definition) is 3. The molecule has 0 atom stereocenters. The Morgan fingerprint density at radius 2 is 0.840 bits per heavy atom. The summed E-state index contributed by atoms with van der Waals surface area (Å²) in [6.45, 7) is 0. The first-order valence-corrected chi connectivity index (χ1v) is 8.47. The summed E-state index contributed by atoms with van der Waals surface area (Å²) in [6, 6.07) is 0. The van der Waals surface area contributed by atoms with Crippen molar-refractivity contribution in [1.29, 1.82) is 0 Å². The number of allylic oxidation sites excluding steroid dienone is 15. The van der Waals surface area contributed by atoms with Crippen molar-refractivity contribution in [2.45, 2.75) is 19.3 Å². The van der Waals surface area contributed by atoms with Gasteiger partial charge in [-0.1, -0.05) is 72.9 Å². The second kappa shape index (κ2) is 9.43. The van der Waals surface area contributed by atoms with Crippen molar-refractivity contribution >= 4 is 7.32 Å². The third kappa shape index (κ3) is 5.92. The zero-order chi connectivity index (χ0) is 17.2. The maximum absolute atomic E-state index is 5.99. The Hall–Kier alpha value is -2.88. The van der Waals surface area contributed by atoms with Crippen molar-refractivity contribution in [2.75, 3.05) is 0 Å².